The molecule has 0 aromatic carbocycles. The van der Waals surface area contributed by atoms with Crippen LogP contribution < -0.4 is 0 Å². The summed E-state index contributed by atoms with van der Waals surface area (Å²) < 4.78 is 0. The number of aliphatic imine (C=N–C) groups is 1. The zero-order valence-electron chi connectivity index (χ0n) is 13.6. The largest absolute Gasteiger partial charge is 0.299 e. The van der Waals surface area contributed by atoms with Gasteiger partial charge in [-0.15, -0.1) is 0 Å². The third-order valence-electron chi connectivity index (χ3n) is 4.59. The first-order chi connectivity index (χ1) is 10.1. The average molecular weight is 285 g/mol. The van der Waals surface area contributed by atoms with Crippen molar-refractivity contribution in [2.24, 2.45) is 10.9 Å². The molecule has 0 saturated carbocycles. The fourth-order valence-electron chi connectivity index (χ4n) is 3.16. The molecule has 0 radical (unpaired) electrons. The summed E-state index contributed by atoms with van der Waals surface area (Å²) in [4.78, 5) is 16.1. The van der Waals surface area contributed by atoms with E-state index in [-0.39, 0.29) is 5.78 Å². The fourth-order valence-corrected chi connectivity index (χ4v) is 3.16. The van der Waals surface area contributed by atoms with Crippen LogP contribution in [-0.4, -0.2) is 11.5 Å². The molecule has 0 amide bonds. The summed E-state index contributed by atoms with van der Waals surface area (Å²) in [6.45, 7) is 6.48. The van der Waals surface area contributed by atoms with Crippen molar-refractivity contribution in [2.75, 3.05) is 0 Å². The number of carbonyl (C=O) groups excluding carboxylic acids is 1. The van der Waals surface area contributed by atoms with Crippen molar-refractivity contribution in [3.8, 4) is 0 Å². The van der Waals surface area contributed by atoms with Gasteiger partial charge in [0.2, 0.25) is 0 Å². The van der Waals surface area contributed by atoms with E-state index in [0.29, 0.717) is 12.8 Å². The van der Waals surface area contributed by atoms with Crippen LogP contribution in [0.1, 0.15) is 65.7 Å². The second kappa shape index (κ2) is 7.53. The average Bonchev–Trinajstić information content (AvgIpc) is 2.72. The first-order valence-corrected chi connectivity index (χ1v) is 8.19. The standard InChI is InChI=1S/C19H27NO/c1-4-17-9-7-16(6-5-14(17)2)8-10-18-11-12-19(21)13-15(3)20-18/h5-6,11,17H,4,7-10,12-13H2,1-3H3. The normalized spacial score (nSPS) is 23.6. The number of allylic oxidation sites excluding steroid dienone is 6. The minimum Gasteiger partial charge on any atom is -0.299 e. The minimum atomic E-state index is 0.282. The zero-order valence-corrected chi connectivity index (χ0v) is 13.6. The highest BCUT2D eigenvalue weighted by atomic mass is 16.1. The van der Waals surface area contributed by atoms with Crippen LogP contribution in [0.2, 0.25) is 0 Å². The molecule has 0 fully saturated rings. The number of hydrogen-bond acceptors (Lipinski definition) is 2. The Balaban J connectivity index is 1.94. The Morgan fingerprint density at radius 3 is 2.81 bits per heavy atom. The van der Waals surface area contributed by atoms with Crippen LogP contribution in [0.4, 0.5) is 0 Å². The van der Waals surface area contributed by atoms with Gasteiger partial charge in [0.1, 0.15) is 5.78 Å². The molecule has 0 aromatic rings. The molecule has 0 saturated heterocycles. The van der Waals surface area contributed by atoms with Gasteiger partial charge in [0.15, 0.2) is 0 Å². The Bertz CT molecular complexity index is 520. The van der Waals surface area contributed by atoms with Crippen molar-refractivity contribution in [1.29, 1.82) is 0 Å². The van der Waals surface area contributed by atoms with Crippen molar-refractivity contribution in [3.05, 3.63) is 35.1 Å². The molecular weight excluding hydrogens is 258 g/mol. The number of Topliss-reactive ketones (excluding diaryl/α,β-unsaturated/α-hetero) is 1. The molecule has 0 N–H and O–H groups in total. The van der Waals surface area contributed by atoms with E-state index in [1.54, 1.807) is 0 Å². The Morgan fingerprint density at radius 2 is 2.05 bits per heavy atom. The molecule has 0 bridgehead atoms. The lowest BCUT2D eigenvalue weighted by atomic mass is 9.92. The molecule has 1 unspecified atom stereocenters. The summed E-state index contributed by atoms with van der Waals surface area (Å²) in [6, 6.07) is 0. The maximum absolute atomic E-state index is 11.6. The molecule has 1 atom stereocenters. The Morgan fingerprint density at radius 1 is 1.24 bits per heavy atom. The zero-order chi connectivity index (χ0) is 15.2. The molecule has 21 heavy (non-hydrogen) atoms. The monoisotopic (exact) mass is 285 g/mol. The third kappa shape index (κ3) is 4.80. The van der Waals surface area contributed by atoms with E-state index in [1.807, 2.05) is 13.0 Å². The summed E-state index contributed by atoms with van der Waals surface area (Å²) in [7, 11) is 0. The maximum atomic E-state index is 11.6. The van der Waals surface area contributed by atoms with Crippen LogP contribution in [0.5, 0.6) is 0 Å². The smallest absolute Gasteiger partial charge is 0.142 e. The van der Waals surface area contributed by atoms with Gasteiger partial charge in [-0.05, 0) is 51.9 Å². The van der Waals surface area contributed by atoms with Gasteiger partial charge in [0.25, 0.3) is 0 Å². The van der Waals surface area contributed by atoms with Gasteiger partial charge in [0.05, 0.1) is 0 Å². The summed E-state index contributed by atoms with van der Waals surface area (Å²) >= 11 is 0. The van der Waals surface area contributed by atoms with Gasteiger partial charge in [-0.1, -0.05) is 36.3 Å². The van der Waals surface area contributed by atoms with Crippen LogP contribution in [0.3, 0.4) is 0 Å². The van der Waals surface area contributed by atoms with Crippen molar-refractivity contribution in [3.63, 3.8) is 0 Å². The van der Waals surface area contributed by atoms with Crippen LogP contribution in [-0.2, 0) is 4.79 Å². The third-order valence-corrected chi connectivity index (χ3v) is 4.59. The highest BCUT2D eigenvalue weighted by Gasteiger charge is 2.13. The number of carbonyl (C=O) groups is 1. The van der Waals surface area contributed by atoms with Gasteiger partial charge in [-0.2, -0.15) is 0 Å². The molecule has 1 aliphatic carbocycles. The predicted octanol–water partition coefficient (Wildman–Crippen LogP) is 5.17. The van der Waals surface area contributed by atoms with Gasteiger partial charge in [-0.25, -0.2) is 0 Å². The predicted molar refractivity (Wildman–Crippen MR) is 89.5 cm³/mol. The summed E-state index contributed by atoms with van der Waals surface area (Å²) in [5, 5.41) is 0. The van der Waals surface area contributed by atoms with E-state index < -0.39 is 0 Å². The molecular formula is C19H27NO. The second-order valence-electron chi connectivity index (χ2n) is 6.34. The van der Waals surface area contributed by atoms with Crippen LogP contribution in [0, 0.1) is 5.92 Å². The van der Waals surface area contributed by atoms with Crippen LogP contribution in [0.15, 0.2) is 40.1 Å². The summed E-state index contributed by atoms with van der Waals surface area (Å²) in [6.07, 6.45) is 13.4. The Labute approximate surface area is 128 Å². The Hall–Kier alpha value is -1.44. The van der Waals surface area contributed by atoms with Crippen LogP contribution >= 0.6 is 0 Å². The molecule has 0 spiro atoms. The molecule has 1 aliphatic heterocycles. The lowest BCUT2D eigenvalue weighted by Gasteiger charge is -2.13. The van der Waals surface area contributed by atoms with E-state index in [2.05, 4.69) is 31.0 Å². The summed E-state index contributed by atoms with van der Waals surface area (Å²) in [5.74, 6) is 1.03. The molecule has 2 rings (SSSR count). The van der Waals surface area contributed by atoms with Crippen molar-refractivity contribution < 1.29 is 4.79 Å². The second-order valence-corrected chi connectivity index (χ2v) is 6.34. The molecule has 2 heteroatoms. The highest BCUT2D eigenvalue weighted by molar-refractivity contribution is 6.02. The van der Waals surface area contributed by atoms with Crippen molar-refractivity contribution in [1.82, 2.24) is 0 Å². The Kier molecular flexibility index (Phi) is 5.72. The molecule has 0 aromatic heterocycles. The van der Waals surface area contributed by atoms with Gasteiger partial charge < -0.3 is 0 Å². The van der Waals surface area contributed by atoms with E-state index in [9.17, 15) is 4.79 Å². The quantitative estimate of drug-likeness (QED) is 0.701. The number of hydrogen-bond donors (Lipinski definition) is 0. The highest BCUT2D eigenvalue weighted by Crippen LogP contribution is 2.29. The van der Waals surface area contributed by atoms with E-state index in [4.69, 9.17) is 0 Å². The molecule has 2 nitrogen and oxygen atoms in total. The van der Waals surface area contributed by atoms with Gasteiger partial charge >= 0.3 is 0 Å². The van der Waals surface area contributed by atoms with Crippen LogP contribution in [0.25, 0.3) is 0 Å². The molecule has 114 valence electrons. The van der Waals surface area contributed by atoms with Gasteiger partial charge in [0, 0.05) is 24.3 Å². The maximum Gasteiger partial charge on any atom is 0.142 e. The molecule has 2 aliphatic rings. The van der Waals surface area contributed by atoms with Gasteiger partial charge in [-0.3, -0.25) is 9.79 Å². The summed E-state index contributed by atoms with van der Waals surface area (Å²) in [5.41, 5.74) is 5.09. The number of nitrogens with zero attached hydrogens (tertiary/aromatic N) is 1. The van der Waals surface area contributed by atoms with E-state index in [0.717, 1.165) is 30.2 Å². The lowest BCUT2D eigenvalue weighted by Crippen LogP contribution is -2.00. The first-order valence-electron chi connectivity index (χ1n) is 8.19. The number of ketones is 1. The first kappa shape index (κ1) is 15.9. The fraction of sp³-hybridized carbons (Fsp3) is 0.579. The topological polar surface area (TPSA) is 29.4 Å². The van der Waals surface area contributed by atoms with Crippen molar-refractivity contribution in [2.45, 2.75) is 65.7 Å². The van der Waals surface area contributed by atoms with E-state index in [1.165, 1.54) is 30.4 Å². The lowest BCUT2D eigenvalue weighted by molar-refractivity contribution is -0.117. The van der Waals surface area contributed by atoms with Crippen molar-refractivity contribution >= 4 is 11.5 Å². The number of rotatable bonds is 4. The molecule has 1 heterocycles. The van der Waals surface area contributed by atoms with E-state index >= 15 is 0 Å². The minimum absolute atomic E-state index is 0.282. The SMILES string of the molecule is CCC1CCC(CCC2=CCC(=O)CC(C)=N2)=CC=C1C.